The van der Waals surface area contributed by atoms with Crippen LogP contribution in [0.4, 0.5) is 11.8 Å². The molecule has 0 amide bonds. The van der Waals surface area contributed by atoms with Crippen LogP contribution in [0, 0.1) is 0 Å². The number of rotatable bonds is 9. The van der Waals surface area contributed by atoms with E-state index in [9.17, 15) is 9.59 Å². The van der Waals surface area contributed by atoms with Gasteiger partial charge in [0.1, 0.15) is 11.4 Å². The molecule has 0 bridgehead atoms. The zero-order chi connectivity index (χ0) is 19.2. The van der Waals surface area contributed by atoms with Gasteiger partial charge in [-0.1, -0.05) is 0 Å². The van der Waals surface area contributed by atoms with Crippen LogP contribution in [0.5, 0.6) is 0 Å². The Balaban J connectivity index is 1.88. The van der Waals surface area contributed by atoms with Crippen molar-refractivity contribution < 1.29 is 19.1 Å². The first-order valence-corrected chi connectivity index (χ1v) is 9.85. The van der Waals surface area contributed by atoms with Crippen LogP contribution < -0.4 is 9.80 Å². The van der Waals surface area contributed by atoms with Crippen LogP contribution in [0.15, 0.2) is 6.20 Å². The zero-order valence-corrected chi connectivity index (χ0v) is 16.1. The van der Waals surface area contributed by atoms with Gasteiger partial charge in [0.15, 0.2) is 0 Å². The fraction of sp³-hybridized carbons (Fsp3) is 0.684. The largest absolute Gasteiger partial charge is 0.466 e. The van der Waals surface area contributed by atoms with E-state index in [0.717, 1.165) is 38.8 Å². The minimum Gasteiger partial charge on any atom is -0.466 e. The molecule has 0 N–H and O–H groups in total. The van der Waals surface area contributed by atoms with Crippen molar-refractivity contribution in [1.82, 2.24) is 9.97 Å². The van der Waals surface area contributed by atoms with Gasteiger partial charge in [0, 0.05) is 31.9 Å². The van der Waals surface area contributed by atoms with Crippen LogP contribution in [0.3, 0.4) is 0 Å². The van der Waals surface area contributed by atoms with Crippen molar-refractivity contribution in [2.24, 2.45) is 0 Å². The molecule has 27 heavy (non-hydrogen) atoms. The van der Waals surface area contributed by atoms with E-state index in [-0.39, 0.29) is 18.4 Å². The highest BCUT2D eigenvalue weighted by molar-refractivity contribution is 5.95. The molecule has 0 aromatic carbocycles. The molecule has 8 nitrogen and oxygen atoms in total. The summed E-state index contributed by atoms with van der Waals surface area (Å²) < 4.78 is 10.2. The number of ether oxygens (including phenoxy) is 2. The summed E-state index contributed by atoms with van der Waals surface area (Å²) >= 11 is 0. The monoisotopic (exact) mass is 376 g/mol. The van der Waals surface area contributed by atoms with Gasteiger partial charge in [0.25, 0.3) is 0 Å². The predicted molar refractivity (Wildman–Crippen MR) is 101 cm³/mol. The number of anilines is 2. The number of nitrogens with zero attached hydrogens (tertiary/aromatic N) is 4. The summed E-state index contributed by atoms with van der Waals surface area (Å²) in [7, 11) is 0. The number of carbonyl (C=O) groups is 2. The highest BCUT2D eigenvalue weighted by Gasteiger charge is 2.34. The van der Waals surface area contributed by atoms with Gasteiger partial charge in [0.05, 0.1) is 19.6 Å². The van der Waals surface area contributed by atoms with E-state index < -0.39 is 5.97 Å². The number of hydrogen-bond donors (Lipinski definition) is 0. The summed E-state index contributed by atoms with van der Waals surface area (Å²) in [4.78, 5) is 37.6. The molecule has 8 heteroatoms. The molecule has 148 valence electrons. The van der Waals surface area contributed by atoms with Crippen molar-refractivity contribution in [1.29, 1.82) is 0 Å². The highest BCUT2D eigenvalue weighted by Crippen LogP contribution is 2.34. The quantitative estimate of drug-likeness (QED) is 0.606. The topological polar surface area (TPSA) is 84.9 Å². The van der Waals surface area contributed by atoms with Gasteiger partial charge in [-0.25, -0.2) is 9.78 Å². The Morgan fingerprint density at radius 2 is 1.89 bits per heavy atom. The Hall–Kier alpha value is -2.38. The van der Waals surface area contributed by atoms with Crippen molar-refractivity contribution >= 4 is 23.7 Å². The highest BCUT2D eigenvalue weighted by atomic mass is 16.5. The average molecular weight is 376 g/mol. The van der Waals surface area contributed by atoms with Crippen LogP contribution in [0.2, 0.25) is 0 Å². The van der Waals surface area contributed by atoms with Crippen LogP contribution in [0.25, 0.3) is 0 Å². The van der Waals surface area contributed by atoms with Crippen LogP contribution in [-0.4, -0.2) is 60.8 Å². The fourth-order valence-corrected chi connectivity index (χ4v) is 3.30. The van der Waals surface area contributed by atoms with Gasteiger partial charge >= 0.3 is 11.9 Å². The summed E-state index contributed by atoms with van der Waals surface area (Å²) in [5.74, 6) is 0.534. The molecule has 2 heterocycles. The summed E-state index contributed by atoms with van der Waals surface area (Å²) in [6.07, 6.45) is 6.10. The summed E-state index contributed by atoms with van der Waals surface area (Å²) in [6.45, 7) is 6.53. The first-order chi connectivity index (χ1) is 13.1. The van der Waals surface area contributed by atoms with Crippen molar-refractivity contribution in [2.75, 3.05) is 42.6 Å². The second-order valence-electron chi connectivity index (χ2n) is 6.80. The van der Waals surface area contributed by atoms with Gasteiger partial charge in [-0.3, -0.25) is 4.79 Å². The number of esters is 2. The van der Waals surface area contributed by atoms with E-state index in [1.165, 1.54) is 0 Å². The molecule has 0 radical (unpaired) electrons. The molecule has 1 aliphatic carbocycles. The molecule has 1 saturated heterocycles. The number of aromatic nitrogens is 2. The summed E-state index contributed by atoms with van der Waals surface area (Å²) in [5.41, 5.74) is 0.357. The van der Waals surface area contributed by atoms with Gasteiger partial charge in [-0.05, 0) is 39.5 Å². The van der Waals surface area contributed by atoms with E-state index in [1.54, 1.807) is 20.0 Å². The molecule has 1 aromatic heterocycles. The standard InChI is InChI=1S/C19H28N4O4/c1-3-26-16(24)9-12-23(14-7-8-14)17-15(18(25)27-4-2)13-20-19(21-17)22-10-5-6-11-22/h13-14H,3-12H2,1-2H3. The number of carbonyl (C=O) groups excluding carboxylic acids is 2. The van der Waals surface area contributed by atoms with Gasteiger partial charge in [0.2, 0.25) is 5.95 Å². The molecule has 1 saturated carbocycles. The summed E-state index contributed by atoms with van der Waals surface area (Å²) in [5, 5.41) is 0. The lowest BCUT2D eigenvalue weighted by Gasteiger charge is -2.26. The normalized spacial score (nSPS) is 16.3. The first kappa shape index (κ1) is 19.4. The SMILES string of the molecule is CCOC(=O)CCN(c1nc(N2CCCC2)ncc1C(=O)OCC)C1CC1. The smallest absolute Gasteiger partial charge is 0.343 e. The second kappa shape index (κ2) is 9.01. The van der Waals surface area contributed by atoms with E-state index in [2.05, 4.69) is 9.88 Å². The molecular formula is C19H28N4O4. The lowest BCUT2D eigenvalue weighted by atomic mass is 10.2. The second-order valence-corrected chi connectivity index (χ2v) is 6.80. The van der Waals surface area contributed by atoms with Crippen LogP contribution in [-0.2, 0) is 14.3 Å². The molecule has 1 aromatic rings. The molecule has 3 rings (SSSR count). The van der Waals surface area contributed by atoms with Crippen LogP contribution >= 0.6 is 0 Å². The van der Waals surface area contributed by atoms with Gasteiger partial charge < -0.3 is 19.3 Å². The Morgan fingerprint density at radius 3 is 2.52 bits per heavy atom. The Bertz CT molecular complexity index is 672. The molecule has 0 atom stereocenters. The Morgan fingerprint density at radius 1 is 1.19 bits per heavy atom. The zero-order valence-electron chi connectivity index (χ0n) is 16.1. The van der Waals surface area contributed by atoms with Crippen LogP contribution in [0.1, 0.15) is 56.3 Å². The molecule has 2 aliphatic rings. The predicted octanol–water partition coefficient (Wildman–Crippen LogP) is 2.18. The summed E-state index contributed by atoms with van der Waals surface area (Å²) in [6, 6.07) is 0.286. The third kappa shape index (κ3) is 4.87. The Kier molecular flexibility index (Phi) is 6.47. The van der Waals surface area contributed by atoms with E-state index >= 15 is 0 Å². The van der Waals surface area contributed by atoms with Crippen molar-refractivity contribution in [3.63, 3.8) is 0 Å². The molecular weight excluding hydrogens is 348 g/mol. The lowest BCUT2D eigenvalue weighted by Crippen LogP contribution is -2.32. The van der Waals surface area contributed by atoms with Gasteiger partial charge in [-0.15, -0.1) is 0 Å². The van der Waals surface area contributed by atoms with Gasteiger partial charge in [-0.2, -0.15) is 4.98 Å². The maximum Gasteiger partial charge on any atom is 0.343 e. The molecule has 1 aliphatic heterocycles. The lowest BCUT2D eigenvalue weighted by molar-refractivity contribution is -0.142. The maximum absolute atomic E-state index is 12.5. The fourth-order valence-electron chi connectivity index (χ4n) is 3.30. The number of hydrogen-bond acceptors (Lipinski definition) is 8. The maximum atomic E-state index is 12.5. The van der Waals surface area contributed by atoms with Crippen molar-refractivity contribution in [3.8, 4) is 0 Å². The third-order valence-corrected chi connectivity index (χ3v) is 4.76. The minimum absolute atomic E-state index is 0.241. The molecule has 0 unspecified atom stereocenters. The average Bonchev–Trinajstić information content (AvgIpc) is 3.34. The minimum atomic E-state index is -0.428. The van der Waals surface area contributed by atoms with E-state index in [0.29, 0.717) is 37.1 Å². The van der Waals surface area contributed by atoms with Crippen molar-refractivity contribution in [3.05, 3.63) is 11.8 Å². The third-order valence-electron chi connectivity index (χ3n) is 4.76. The van der Waals surface area contributed by atoms with Crippen molar-refractivity contribution in [2.45, 2.75) is 52.0 Å². The molecule has 0 spiro atoms. The Labute approximate surface area is 159 Å². The molecule has 2 fully saturated rings. The van der Waals surface area contributed by atoms with E-state index in [4.69, 9.17) is 14.5 Å². The first-order valence-electron chi connectivity index (χ1n) is 9.85. The van der Waals surface area contributed by atoms with E-state index in [1.807, 2.05) is 4.90 Å².